The Balaban J connectivity index is 0.00000109. The summed E-state index contributed by atoms with van der Waals surface area (Å²) in [6.45, 7) is 1.06. The van der Waals surface area contributed by atoms with E-state index in [4.69, 9.17) is 16.3 Å². The maximum absolute atomic E-state index is 12.3. The summed E-state index contributed by atoms with van der Waals surface area (Å²) in [6.07, 6.45) is 5.20. The maximum atomic E-state index is 12.3. The summed E-state index contributed by atoms with van der Waals surface area (Å²) in [7, 11) is 1.50. The van der Waals surface area contributed by atoms with Crippen LogP contribution >= 0.6 is 11.6 Å². The minimum Gasteiger partial charge on any atom is -0.376 e. The normalized spacial score (nSPS) is 16.4. The lowest BCUT2D eigenvalue weighted by molar-refractivity contribution is -0.139. The van der Waals surface area contributed by atoms with Gasteiger partial charge in [-0.2, -0.15) is 0 Å². The van der Waals surface area contributed by atoms with Crippen LogP contribution < -0.4 is 5.73 Å². The number of nitrogens with one attached hydrogen (secondary N) is 1. The quantitative estimate of drug-likeness (QED) is 0.770. The fourth-order valence-corrected chi connectivity index (χ4v) is 3.21. The second-order valence-corrected chi connectivity index (χ2v) is 6.17. The highest BCUT2D eigenvalue weighted by Gasteiger charge is 2.22. The van der Waals surface area contributed by atoms with Crippen LogP contribution in [0.4, 0.5) is 0 Å². The summed E-state index contributed by atoms with van der Waals surface area (Å²) in [5, 5.41) is 1.68. The van der Waals surface area contributed by atoms with E-state index in [0.717, 1.165) is 29.3 Å². The van der Waals surface area contributed by atoms with Gasteiger partial charge in [0.25, 0.3) is 0 Å². The number of amides is 2. The zero-order chi connectivity index (χ0) is 18.2. The zero-order valence-electron chi connectivity index (χ0n) is 14.3. The largest absolute Gasteiger partial charge is 0.376 e. The molecule has 2 heterocycles. The van der Waals surface area contributed by atoms with E-state index in [1.807, 2.05) is 24.4 Å². The van der Waals surface area contributed by atoms with Crippen molar-refractivity contribution in [3.05, 3.63) is 35.0 Å². The molecule has 1 aromatic heterocycles. The zero-order valence-corrected chi connectivity index (χ0v) is 15.1. The Hall–Kier alpha value is -1.89. The Morgan fingerprint density at radius 1 is 1.48 bits per heavy atom. The second kappa shape index (κ2) is 9.56. The van der Waals surface area contributed by atoms with E-state index in [9.17, 15) is 9.59 Å². The Labute approximate surface area is 152 Å². The fourth-order valence-electron chi connectivity index (χ4n) is 2.98. The lowest BCUT2D eigenvalue weighted by Crippen LogP contribution is -2.36. The Kier molecular flexibility index (Phi) is 7.43. The van der Waals surface area contributed by atoms with Crippen molar-refractivity contribution in [2.75, 3.05) is 20.2 Å². The van der Waals surface area contributed by atoms with Crippen molar-refractivity contribution in [1.29, 1.82) is 0 Å². The number of rotatable bonds is 6. The number of aromatic nitrogens is 1. The lowest BCUT2D eigenvalue weighted by atomic mass is 10.1. The third kappa shape index (κ3) is 4.81. The smallest absolute Gasteiger partial charge is 0.229 e. The van der Waals surface area contributed by atoms with Gasteiger partial charge in [-0.25, -0.2) is 0 Å². The van der Waals surface area contributed by atoms with E-state index < -0.39 is 0 Å². The number of fused-ring (bicyclic) bond motifs is 1. The number of H-pyrrole nitrogens is 1. The summed E-state index contributed by atoms with van der Waals surface area (Å²) in [5.74, 6) is -0.174. The maximum Gasteiger partial charge on any atom is 0.229 e. The molecule has 25 heavy (non-hydrogen) atoms. The van der Waals surface area contributed by atoms with Gasteiger partial charge in [-0.3, -0.25) is 14.5 Å². The van der Waals surface area contributed by atoms with E-state index in [-0.39, 0.29) is 18.4 Å². The summed E-state index contributed by atoms with van der Waals surface area (Å²) >= 11 is 6.13. The van der Waals surface area contributed by atoms with Crippen LogP contribution in [0.3, 0.4) is 0 Å². The first-order chi connectivity index (χ1) is 12.2. The van der Waals surface area contributed by atoms with Crippen molar-refractivity contribution >= 4 is 34.8 Å². The number of carbonyl (C=O) groups is 2. The van der Waals surface area contributed by atoms with Crippen LogP contribution in [-0.4, -0.2) is 48.5 Å². The molecule has 0 saturated carbocycles. The van der Waals surface area contributed by atoms with Gasteiger partial charge >= 0.3 is 0 Å². The first-order valence-electron chi connectivity index (χ1n) is 8.37. The summed E-state index contributed by atoms with van der Waals surface area (Å²) in [6, 6.07) is 5.69. The number of aryl methyl sites for hydroxylation is 1. The number of benzene rings is 1. The number of para-hydroxylation sites is 1. The number of ether oxygens (including phenoxy) is 1. The van der Waals surface area contributed by atoms with Gasteiger partial charge in [-0.1, -0.05) is 23.7 Å². The number of hydrogen-bond donors (Lipinski definition) is 2. The van der Waals surface area contributed by atoms with Crippen LogP contribution in [0.1, 0.15) is 24.8 Å². The van der Waals surface area contributed by atoms with Crippen molar-refractivity contribution in [2.45, 2.75) is 31.8 Å². The molecule has 2 aromatic rings. The molecular weight excluding hydrogens is 342 g/mol. The molecule has 1 aliphatic rings. The number of carbonyl (C=O) groups excluding carboxylic acids is 2. The number of aromatic amines is 1. The molecule has 136 valence electrons. The molecule has 0 bridgehead atoms. The van der Waals surface area contributed by atoms with Crippen molar-refractivity contribution < 1.29 is 14.3 Å². The van der Waals surface area contributed by atoms with Crippen molar-refractivity contribution in [3.8, 4) is 0 Å². The molecule has 3 N–H and O–H groups in total. The van der Waals surface area contributed by atoms with Gasteiger partial charge in [0.1, 0.15) is 0 Å². The van der Waals surface area contributed by atoms with Crippen LogP contribution in [0, 0.1) is 0 Å². The number of halogens is 1. The van der Waals surface area contributed by atoms with E-state index in [0.29, 0.717) is 31.0 Å². The van der Waals surface area contributed by atoms with Crippen LogP contribution in [0.5, 0.6) is 0 Å². The van der Waals surface area contributed by atoms with Gasteiger partial charge in [0, 0.05) is 24.6 Å². The van der Waals surface area contributed by atoms with Gasteiger partial charge < -0.3 is 15.5 Å². The highest BCUT2D eigenvalue weighted by atomic mass is 35.5. The average molecular weight is 366 g/mol. The monoisotopic (exact) mass is 365 g/mol. The van der Waals surface area contributed by atoms with Gasteiger partial charge in [-0.05, 0) is 37.9 Å². The lowest BCUT2D eigenvalue weighted by Gasteiger charge is -2.19. The molecular formula is C18H24ClN3O3. The topological polar surface area (TPSA) is 88.4 Å². The molecule has 7 heteroatoms. The van der Waals surface area contributed by atoms with Gasteiger partial charge in [0.2, 0.25) is 12.3 Å². The van der Waals surface area contributed by atoms with Crippen molar-refractivity contribution in [3.63, 3.8) is 0 Å². The van der Waals surface area contributed by atoms with Crippen LogP contribution in [-0.2, 0) is 20.7 Å². The molecule has 0 spiro atoms. The number of hydrogen-bond acceptors (Lipinski definition) is 4. The predicted octanol–water partition coefficient (Wildman–Crippen LogP) is 2.49. The molecule has 1 unspecified atom stereocenters. The minimum absolute atomic E-state index is 0.0176. The summed E-state index contributed by atoms with van der Waals surface area (Å²) in [5.41, 5.74) is 6.40. The number of nitrogens with zero attached hydrogens (tertiary/aromatic N) is 1. The molecule has 1 aromatic carbocycles. The average Bonchev–Trinajstić information content (AvgIpc) is 3.30. The van der Waals surface area contributed by atoms with Crippen LogP contribution in [0.15, 0.2) is 24.4 Å². The van der Waals surface area contributed by atoms with E-state index >= 15 is 0 Å². The number of nitrogens with two attached hydrogens (primary N) is 1. The fraction of sp³-hybridized carbons (Fsp3) is 0.444. The standard InChI is InChI=1S/C17H19ClN2O3.CH5N/c18-15-5-1-4-14-12(9-19-17(14)15)6-7-16(22)20(11-21)10-13-3-2-8-23-13;1-2/h1,4-5,9,11,13,19H,2-3,6-8,10H2;2H2,1H3. The van der Waals surface area contributed by atoms with E-state index in [2.05, 4.69) is 10.7 Å². The second-order valence-electron chi connectivity index (χ2n) is 5.76. The first kappa shape index (κ1) is 19.4. The molecule has 1 aliphatic heterocycles. The molecule has 1 atom stereocenters. The molecule has 2 amide bonds. The molecule has 1 fully saturated rings. The number of imide groups is 1. The molecule has 0 aliphatic carbocycles. The minimum atomic E-state index is -0.174. The summed E-state index contributed by atoms with van der Waals surface area (Å²) in [4.78, 5) is 27.8. The van der Waals surface area contributed by atoms with Gasteiger partial charge in [-0.15, -0.1) is 0 Å². The Morgan fingerprint density at radius 3 is 2.96 bits per heavy atom. The van der Waals surface area contributed by atoms with E-state index in [1.54, 1.807) is 0 Å². The first-order valence-corrected chi connectivity index (χ1v) is 8.75. The molecule has 0 radical (unpaired) electrons. The summed E-state index contributed by atoms with van der Waals surface area (Å²) < 4.78 is 5.48. The highest BCUT2D eigenvalue weighted by Crippen LogP contribution is 2.26. The molecule has 6 nitrogen and oxygen atoms in total. The predicted molar refractivity (Wildman–Crippen MR) is 98.5 cm³/mol. The van der Waals surface area contributed by atoms with Crippen LogP contribution in [0.2, 0.25) is 5.02 Å². The SMILES string of the molecule is CN.O=CN(CC1CCCO1)C(=O)CCc1c[nH]c2c(Cl)cccc12. The van der Waals surface area contributed by atoms with Gasteiger partial charge in [0.15, 0.2) is 0 Å². The van der Waals surface area contributed by atoms with Gasteiger partial charge in [0.05, 0.1) is 23.2 Å². The van der Waals surface area contributed by atoms with E-state index in [1.165, 1.54) is 11.9 Å². The molecule has 3 rings (SSSR count). The Bertz CT molecular complexity index is 711. The highest BCUT2D eigenvalue weighted by molar-refractivity contribution is 6.35. The van der Waals surface area contributed by atoms with Crippen LogP contribution in [0.25, 0.3) is 10.9 Å². The molecule has 1 saturated heterocycles. The Morgan fingerprint density at radius 2 is 2.28 bits per heavy atom. The third-order valence-corrected chi connectivity index (χ3v) is 4.55. The third-order valence-electron chi connectivity index (χ3n) is 4.23. The van der Waals surface area contributed by atoms with Crippen molar-refractivity contribution in [1.82, 2.24) is 9.88 Å². The van der Waals surface area contributed by atoms with Crippen molar-refractivity contribution in [2.24, 2.45) is 5.73 Å².